The van der Waals surface area contributed by atoms with Crippen molar-refractivity contribution in [3.63, 3.8) is 0 Å². The van der Waals surface area contributed by atoms with Crippen molar-refractivity contribution in [3.8, 4) is 0 Å². The molecule has 0 aliphatic rings. The van der Waals surface area contributed by atoms with Crippen LogP contribution in [0.15, 0.2) is 12.1 Å². The topological polar surface area (TPSA) is 34.1 Å². The van der Waals surface area contributed by atoms with Crippen LogP contribution >= 0.6 is 10.7 Å². The third-order valence-electron chi connectivity index (χ3n) is 3.16. The van der Waals surface area contributed by atoms with E-state index in [9.17, 15) is 8.42 Å². The molecule has 0 unspecified atom stereocenters. The summed E-state index contributed by atoms with van der Waals surface area (Å²) in [6.45, 7) is 10.6. The molecule has 0 aliphatic carbocycles. The van der Waals surface area contributed by atoms with Gasteiger partial charge in [-0.05, 0) is 47.9 Å². The summed E-state index contributed by atoms with van der Waals surface area (Å²) in [5, 5.41) is 0. The molecule has 0 heterocycles. The van der Waals surface area contributed by atoms with Gasteiger partial charge in [-0.1, -0.05) is 32.9 Å². The molecule has 0 fully saturated rings. The summed E-state index contributed by atoms with van der Waals surface area (Å²) in [4.78, 5) is 0. The molecule has 0 aliphatic heterocycles. The van der Waals surface area contributed by atoms with E-state index >= 15 is 0 Å². The van der Waals surface area contributed by atoms with Crippen molar-refractivity contribution >= 4 is 19.7 Å². The molecule has 18 heavy (non-hydrogen) atoms. The molecule has 0 saturated carbocycles. The average Bonchev–Trinajstić information content (AvgIpc) is 2.12. The van der Waals surface area contributed by atoms with Gasteiger partial charge in [-0.2, -0.15) is 0 Å². The molecule has 0 atom stereocenters. The Bertz CT molecular complexity index is 516. The summed E-state index contributed by atoms with van der Waals surface area (Å²) in [7, 11) is 1.84. The molecule has 1 aromatic carbocycles. The molecule has 2 nitrogen and oxygen atoms in total. The third-order valence-corrected chi connectivity index (χ3v) is 4.31. The van der Waals surface area contributed by atoms with Gasteiger partial charge in [-0.3, -0.25) is 0 Å². The maximum absolute atomic E-state index is 11.0. The van der Waals surface area contributed by atoms with Gasteiger partial charge in [0.15, 0.2) is 0 Å². The van der Waals surface area contributed by atoms with Crippen LogP contribution in [-0.2, 0) is 20.9 Å². The molecule has 0 amide bonds. The smallest absolute Gasteiger partial charge is 0.212 e. The molecule has 0 aromatic heterocycles. The Labute approximate surface area is 115 Å². The highest BCUT2D eigenvalue weighted by Crippen LogP contribution is 2.27. The highest BCUT2D eigenvalue weighted by molar-refractivity contribution is 8.13. The third kappa shape index (κ3) is 4.29. The molecule has 0 N–H and O–H groups in total. The Hall–Kier alpha value is -0.540. The second-order valence-corrected chi connectivity index (χ2v) is 8.73. The van der Waals surface area contributed by atoms with Gasteiger partial charge in [0, 0.05) is 10.7 Å². The number of rotatable bonds is 3. The Kier molecular flexibility index (Phi) is 4.50. The van der Waals surface area contributed by atoms with Gasteiger partial charge < -0.3 is 0 Å². The zero-order valence-electron chi connectivity index (χ0n) is 11.7. The number of benzene rings is 1. The van der Waals surface area contributed by atoms with Crippen LogP contribution in [0.4, 0.5) is 0 Å². The second-order valence-electron chi connectivity index (χ2n) is 5.83. The Balaban J connectivity index is 3.10. The molecule has 0 saturated heterocycles. The first-order chi connectivity index (χ1) is 8.00. The zero-order valence-corrected chi connectivity index (χ0v) is 13.2. The van der Waals surface area contributed by atoms with Gasteiger partial charge in [0.05, 0.1) is 5.75 Å². The van der Waals surface area contributed by atoms with Gasteiger partial charge in [-0.15, -0.1) is 0 Å². The Morgan fingerprint density at radius 1 is 1.11 bits per heavy atom. The van der Waals surface area contributed by atoms with Crippen LogP contribution in [0.3, 0.4) is 0 Å². The molecule has 0 radical (unpaired) electrons. The lowest BCUT2D eigenvalue weighted by molar-refractivity contribution is 0.588. The first kappa shape index (κ1) is 15.5. The highest BCUT2D eigenvalue weighted by Gasteiger charge is 2.17. The summed E-state index contributed by atoms with van der Waals surface area (Å²) in [5.41, 5.74) is 4.75. The lowest BCUT2D eigenvalue weighted by atomic mass is 9.83. The fourth-order valence-electron chi connectivity index (χ4n) is 2.04. The van der Waals surface area contributed by atoms with Crippen molar-refractivity contribution in [1.82, 2.24) is 0 Å². The van der Waals surface area contributed by atoms with E-state index in [0.29, 0.717) is 6.42 Å². The minimum absolute atomic E-state index is 0.00883. The normalized spacial score (nSPS) is 12.8. The molecule has 102 valence electrons. The SMILES string of the molecule is Cc1cc(C(C)(C)C)cc(C)c1CCS(=O)(=O)Cl. The van der Waals surface area contributed by atoms with Crippen LogP contribution in [0.5, 0.6) is 0 Å². The highest BCUT2D eigenvalue weighted by atomic mass is 35.7. The van der Waals surface area contributed by atoms with E-state index in [1.54, 1.807) is 0 Å². The minimum atomic E-state index is -3.42. The van der Waals surface area contributed by atoms with Gasteiger partial charge in [0.25, 0.3) is 0 Å². The average molecular weight is 289 g/mol. The molecule has 0 spiro atoms. The van der Waals surface area contributed by atoms with Crippen LogP contribution in [-0.4, -0.2) is 14.2 Å². The standard InChI is InChI=1S/C14H21ClO2S/c1-10-8-12(14(3,4)5)9-11(2)13(10)6-7-18(15,16)17/h8-9H,6-7H2,1-5H3. The van der Waals surface area contributed by atoms with Crippen molar-refractivity contribution in [2.24, 2.45) is 0 Å². The minimum Gasteiger partial charge on any atom is -0.212 e. The predicted molar refractivity (Wildman–Crippen MR) is 78.0 cm³/mol. The van der Waals surface area contributed by atoms with E-state index in [2.05, 4.69) is 32.9 Å². The Morgan fingerprint density at radius 2 is 1.56 bits per heavy atom. The molecule has 0 bridgehead atoms. The first-order valence-electron chi connectivity index (χ1n) is 6.03. The monoisotopic (exact) mass is 288 g/mol. The predicted octanol–water partition coefficient (Wildman–Crippen LogP) is 3.71. The maximum Gasteiger partial charge on any atom is 0.232 e. The van der Waals surface area contributed by atoms with Crippen molar-refractivity contribution in [3.05, 3.63) is 34.4 Å². The molecule has 1 aromatic rings. The fraction of sp³-hybridized carbons (Fsp3) is 0.571. The summed E-state index contributed by atoms with van der Waals surface area (Å²) in [6.07, 6.45) is 0.480. The lowest BCUT2D eigenvalue weighted by Gasteiger charge is -2.22. The largest absolute Gasteiger partial charge is 0.232 e. The van der Waals surface area contributed by atoms with Gasteiger partial charge in [0.1, 0.15) is 0 Å². The quantitative estimate of drug-likeness (QED) is 0.795. The van der Waals surface area contributed by atoms with Crippen molar-refractivity contribution in [2.75, 3.05) is 5.75 Å². The Morgan fingerprint density at radius 3 is 1.89 bits per heavy atom. The number of hydrogen-bond donors (Lipinski definition) is 0. The molecular weight excluding hydrogens is 268 g/mol. The maximum atomic E-state index is 11.0. The van der Waals surface area contributed by atoms with Crippen LogP contribution in [0.2, 0.25) is 0 Å². The van der Waals surface area contributed by atoms with Gasteiger partial charge in [0.2, 0.25) is 9.05 Å². The fourth-order valence-corrected chi connectivity index (χ4v) is 2.72. The number of halogens is 1. The van der Waals surface area contributed by atoms with E-state index in [-0.39, 0.29) is 11.2 Å². The molecular formula is C14H21ClO2S. The van der Waals surface area contributed by atoms with E-state index in [0.717, 1.165) is 16.7 Å². The van der Waals surface area contributed by atoms with Crippen LogP contribution in [0, 0.1) is 13.8 Å². The van der Waals surface area contributed by atoms with Gasteiger partial charge in [-0.25, -0.2) is 8.42 Å². The summed E-state index contributed by atoms with van der Waals surface area (Å²) >= 11 is 0. The van der Waals surface area contributed by atoms with E-state index < -0.39 is 9.05 Å². The summed E-state index contributed by atoms with van der Waals surface area (Å²) < 4.78 is 22.0. The van der Waals surface area contributed by atoms with Gasteiger partial charge >= 0.3 is 0 Å². The van der Waals surface area contributed by atoms with E-state index in [4.69, 9.17) is 10.7 Å². The van der Waals surface area contributed by atoms with E-state index in [1.807, 2.05) is 13.8 Å². The van der Waals surface area contributed by atoms with Crippen molar-refractivity contribution < 1.29 is 8.42 Å². The zero-order chi connectivity index (χ0) is 14.1. The molecule has 4 heteroatoms. The summed E-state index contributed by atoms with van der Waals surface area (Å²) in [5.74, 6) is -0.00883. The molecule has 1 rings (SSSR count). The van der Waals surface area contributed by atoms with Crippen LogP contribution < -0.4 is 0 Å². The first-order valence-corrected chi connectivity index (χ1v) is 8.51. The number of hydrogen-bond acceptors (Lipinski definition) is 2. The lowest BCUT2D eigenvalue weighted by Crippen LogP contribution is -2.13. The summed E-state index contributed by atoms with van der Waals surface area (Å²) in [6, 6.07) is 4.28. The number of aryl methyl sites for hydroxylation is 2. The van der Waals surface area contributed by atoms with Crippen LogP contribution in [0.1, 0.15) is 43.0 Å². The van der Waals surface area contributed by atoms with Crippen LogP contribution in [0.25, 0.3) is 0 Å². The van der Waals surface area contributed by atoms with E-state index in [1.165, 1.54) is 5.56 Å². The van der Waals surface area contributed by atoms with Crippen molar-refractivity contribution in [1.29, 1.82) is 0 Å². The van der Waals surface area contributed by atoms with Crippen molar-refractivity contribution in [2.45, 2.75) is 46.5 Å². The second kappa shape index (κ2) is 5.22.